The summed E-state index contributed by atoms with van der Waals surface area (Å²) in [6.45, 7) is 2.75. The van der Waals surface area contributed by atoms with E-state index in [1.54, 1.807) is 23.9 Å². The lowest BCUT2D eigenvalue weighted by molar-refractivity contribution is -0.384. The van der Waals surface area contributed by atoms with Gasteiger partial charge in [0.15, 0.2) is 11.0 Å². The molecule has 0 radical (unpaired) electrons. The monoisotopic (exact) mass is 439 g/mol. The van der Waals surface area contributed by atoms with E-state index < -0.39 is 4.92 Å². The zero-order valence-electron chi connectivity index (χ0n) is 17.4. The fourth-order valence-electron chi connectivity index (χ4n) is 3.00. The number of nitrogens with one attached hydrogen (secondary N) is 1. The Bertz CT molecular complexity index is 1010. The number of unbranched alkanes of at least 4 members (excludes halogenated alkanes) is 1. The highest BCUT2D eigenvalue weighted by Gasteiger charge is 2.17. The lowest BCUT2D eigenvalue weighted by Gasteiger charge is -2.10. The first-order valence-corrected chi connectivity index (χ1v) is 11.2. The van der Waals surface area contributed by atoms with Crippen LogP contribution in [0, 0.1) is 10.1 Å². The van der Waals surface area contributed by atoms with Gasteiger partial charge in [-0.25, -0.2) is 0 Å². The van der Waals surface area contributed by atoms with Gasteiger partial charge in [0.2, 0.25) is 5.91 Å². The molecule has 0 spiro atoms. The summed E-state index contributed by atoms with van der Waals surface area (Å²) in [5.41, 5.74) is 1.70. The number of amides is 1. The van der Waals surface area contributed by atoms with E-state index in [0.29, 0.717) is 12.2 Å². The standard InChI is InChI=1S/C22H25N5O3S/c1-2-15-23-20(28)10-6-7-16-31-22-25-24-21(26(22)18-8-4-3-5-9-18)17-11-13-19(14-12-17)27(29)30/h3-5,8-9,11-14H,2,6-7,10,15-16H2,1H3,(H,23,28). The molecule has 0 aliphatic carbocycles. The second-order valence-electron chi connectivity index (χ2n) is 6.94. The Balaban J connectivity index is 1.72. The molecule has 0 saturated carbocycles. The Morgan fingerprint density at radius 3 is 2.52 bits per heavy atom. The highest BCUT2D eigenvalue weighted by molar-refractivity contribution is 7.99. The van der Waals surface area contributed by atoms with Gasteiger partial charge >= 0.3 is 0 Å². The van der Waals surface area contributed by atoms with Crippen LogP contribution in [0.2, 0.25) is 0 Å². The predicted octanol–water partition coefficient (Wildman–Crippen LogP) is 4.63. The topological polar surface area (TPSA) is 103 Å². The maximum absolute atomic E-state index is 11.7. The molecule has 3 rings (SSSR count). The number of carbonyl (C=O) groups excluding carboxylic acids is 1. The maximum atomic E-state index is 11.7. The van der Waals surface area contributed by atoms with Gasteiger partial charge in [0.25, 0.3) is 5.69 Å². The van der Waals surface area contributed by atoms with E-state index >= 15 is 0 Å². The van der Waals surface area contributed by atoms with E-state index in [9.17, 15) is 14.9 Å². The molecule has 3 aromatic rings. The SMILES string of the molecule is CCCNC(=O)CCCCSc1nnc(-c2ccc([N+](=O)[O-])cc2)n1-c1ccccc1. The Labute approximate surface area is 185 Å². The van der Waals surface area contributed by atoms with Crippen LogP contribution in [0.25, 0.3) is 17.1 Å². The number of rotatable bonds is 11. The summed E-state index contributed by atoms with van der Waals surface area (Å²) in [6.07, 6.45) is 3.17. The fourth-order valence-corrected chi connectivity index (χ4v) is 3.95. The zero-order chi connectivity index (χ0) is 22.1. The Morgan fingerprint density at radius 1 is 1.10 bits per heavy atom. The van der Waals surface area contributed by atoms with Crippen molar-refractivity contribution in [3.8, 4) is 17.1 Å². The number of carbonyl (C=O) groups is 1. The van der Waals surface area contributed by atoms with Crippen molar-refractivity contribution in [2.24, 2.45) is 0 Å². The number of hydrogen-bond donors (Lipinski definition) is 1. The van der Waals surface area contributed by atoms with Crippen molar-refractivity contribution in [2.45, 2.75) is 37.8 Å². The Morgan fingerprint density at radius 2 is 1.84 bits per heavy atom. The van der Waals surface area contributed by atoms with E-state index in [0.717, 1.165) is 48.0 Å². The van der Waals surface area contributed by atoms with Gasteiger partial charge in [-0.1, -0.05) is 36.9 Å². The van der Waals surface area contributed by atoms with Crippen molar-refractivity contribution in [1.29, 1.82) is 0 Å². The van der Waals surface area contributed by atoms with Crippen LogP contribution in [-0.4, -0.2) is 37.9 Å². The van der Waals surface area contributed by atoms with Crippen molar-refractivity contribution in [3.05, 3.63) is 64.7 Å². The minimum atomic E-state index is -0.421. The van der Waals surface area contributed by atoms with Gasteiger partial charge in [-0.15, -0.1) is 10.2 Å². The third kappa shape index (κ3) is 6.14. The summed E-state index contributed by atoms with van der Waals surface area (Å²) >= 11 is 1.58. The number of thioether (sulfide) groups is 1. The van der Waals surface area contributed by atoms with Gasteiger partial charge < -0.3 is 5.32 Å². The first-order valence-electron chi connectivity index (χ1n) is 10.2. The number of nitro benzene ring substituents is 1. The number of hydrogen-bond acceptors (Lipinski definition) is 6. The molecule has 1 amide bonds. The molecule has 1 aromatic heterocycles. The molecule has 9 heteroatoms. The third-order valence-corrected chi connectivity index (χ3v) is 5.60. The van der Waals surface area contributed by atoms with Crippen LogP contribution in [0.4, 0.5) is 5.69 Å². The van der Waals surface area contributed by atoms with Crippen molar-refractivity contribution < 1.29 is 9.72 Å². The minimum absolute atomic E-state index is 0.0344. The van der Waals surface area contributed by atoms with Crippen molar-refractivity contribution >= 4 is 23.4 Å². The third-order valence-electron chi connectivity index (χ3n) is 4.59. The minimum Gasteiger partial charge on any atom is -0.356 e. The number of nitrogens with zero attached hydrogens (tertiary/aromatic N) is 4. The highest BCUT2D eigenvalue weighted by Crippen LogP contribution is 2.29. The Kier molecular flexibility index (Phi) is 8.17. The number of para-hydroxylation sites is 1. The molecule has 0 aliphatic rings. The summed E-state index contributed by atoms with van der Waals surface area (Å²) in [7, 11) is 0. The molecule has 2 aromatic carbocycles. The van der Waals surface area contributed by atoms with Crippen LogP contribution < -0.4 is 5.32 Å². The summed E-state index contributed by atoms with van der Waals surface area (Å²) in [6, 6.07) is 16.1. The van der Waals surface area contributed by atoms with E-state index in [1.165, 1.54) is 12.1 Å². The van der Waals surface area contributed by atoms with E-state index in [2.05, 4.69) is 15.5 Å². The van der Waals surface area contributed by atoms with Gasteiger partial charge in [-0.05, 0) is 43.5 Å². The molecule has 0 saturated heterocycles. The number of aromatic nitrogens is 3. The molecule has 0 atom stereocenters. The van der Waals surface area contributed by atoms with Gasteiger partial charge in [-0.2, -0.15) is 0 Å². The largest absolute Gasteiger partial charge is 0.356 e. The van der Waals surface area contributed by atoms with Crippen LogP contribution in [0.5, 0.6) is 0 Å². The van der Waals surface area contributed by atoms with Crippen molar-refractivity contribution in [2.75, 3.05) is 12.3 Å². The smallest absolute Gasteiger partial charge is 0.269 e. The van der Waals surface area contributed by atoms with Crippen LogP contribution in [-0.2, 0) is 4.79 Å². The fraction of sp³-hybridized carbons (Fsp3) is 0.318. The molecule has 1 heterocycles. The molecule has 0 bridgehead atoms. The second kappa shape index (κ2) is 11.3. The summed E-state index contributed by atoms with van der Waals surface area (Å²) in [5, 5.41) is 23.3. The number of nitro groups is 1. The number of non-ortho nitro benzene ring substituents is 1. The molecule has 8 nitrogen and oxygen atoms in total. The number of benzene rings is 2. The first kappa shape index (κ1) is 22.5. The summed E-state index contributed by atoms with van der Waals surface area (Å²) in [5.74, 6) is 1.54. The quantitative estimate of drug-likeness (QED) is 0.202. The lowest BCUT2D eigenvalue weighted by Crippen LogP contribution is -2.23. The summed E-state index contributed by atoms with van der Waals surface area (Å²) < 4.78 is 1.96. The van der Waals surface area contributed by atoms with Crippen LogP contribution in [0.15, 0.2) is 59.8 Å². The molecular formula is C22H25N5O3S. The van der Waals surface area contributed by atoms with Crippen LogP contribution in [0.3, 0.4) is 0 Å². The second-order valence-corrected chi connectivity index (χ2v) is 8.00. The molecule has 0 fully saturated rings. The van der Waals surface area contributed by atoms with Gasteiger partial charge in [0.05, 0.1) is 4.92 Å². The average Bonchev–Trinajstić information content (AvgIpc) is 3.22. The summed E-state index contributed by atoms with van der Waals surface area (Å²) in [4.78, 5) is 22.2. The Hall–Kier alpha value is -3.20. The zero-order valence-corrected chi connectivity index (χ0v) is 18.2. The molecule has 162 valence electrons. The first-order chi connectivity index (χ1) is 15.1. The van der Waals surface area contributed by atoms with Crippen LogP contribution in [0.1, 0.15) is 32.6 Å². The molecule has 0 unspecified atom stereocenters. The van der Waals surface area contributed by atoms with Crippen molar-refractivity contribution in [1.82, 2.24) is 20.1 Å². The maximum Gasteiger partial charge on any atom is 0.269 e. The van der Waals surface area contributed by atoms with E-state index in [-0.39, 0.29) is 11.6 Å². The van der Waals surface area contributed by atoms with Gasteiger partial charge in [-0.3, -0.25) is 19.5 Å². The van der Waals surface area contributed by atoms with Gasteiger partial charge in [0.1, 0.15) is 0 Å². The van der Waals surface area contributed by atoms with E-state index in [1.807, 2.05) is 41.8 Å². The highest BCUT2D eigenvalue weighted by atomic mass is 32.2. The predicted molar refractivity (Wildman–Crippen MR) is 121 cm³/mol. The average molecular weight is 440 g/mol. The molecule has 0 aliphatic heterocycles. The molecule has 31 heavy (non-hydrogen) atoms. The van der Waals surface area contributed by atoms with Crippen LogP contribution >= 0.6 is 11.8 Å². The lowest BCUT2D eigenvalue weighted by atomic mass is 10.2. The van der Waals surface area contributed by atoms with Gasteiger partial charge in [0, 0.05) is 42.1 Å². The molecule has 1 N–H and O–H groups in total. The van der Waals surface area contributed by atoms with E-state index in [4.69, 9.17) is 0 Å². The normalized spacial score (nSPS) is 10.7. The molecular weight excluding hydrogens is 414 g/mol. The van der Waals surface area contributed by atoms with Crippen molar-refractivity contribution in [3.63, 3.8) is 0 Å².